The van der Waals surface area contributed by atoms with Gasteiger partial charge in [-0.25, -0.2) is 4.98 Å². The summed E-state index contributed by atoms with van der Waals surface area (Å²) in [5.41, 5.74) is 2.80. The lowest BCUT2D eigenvalue weighted by molar-refractivity contribution is 0.423. The van der Waals surface area contributed by atoms with Crippen LogP contribution in [0.3, 0.4) is 0 Å². The molecule has 0 aliphatic rings. The first-order valence-corrected chi connectivity index (χ1v) is 5.13. The Hall–Kier alpha value is -2.17. The van der Waals surface area contributed by atoms with E-state index in [1.807, 2.05) is 25.1 Å². The Morgan fingerprint density at radius 1 is 1.38 bits per heavy atom. The van der Waals surface area contributed by atoms with E-state index in [2.05, 4.69) is 20.1 Å². The lowest BCUT2D eigenvalue weighted by Crippen LogP contribution is -1.82. The van der Waals surface area contributed by atoms with Crippen molar-refractivity contribution in [1.82, 2.24) is 20.1 Å². The Labute approximate surface area is 91.5 Å². The Morgan fingerprint density at radius 2 is 2.31 bits per heavy atom. The third kappa shape index (κ3) is 1.37. The van der Waals surface area contributed by atoms with Crippen molar-refractivity contribution in [3.63, 3.8) is 0 Å². The molecule has 1 N–H and O–H groups in total. The molecule has 2 aromatic heterocycles. The van der Waals surface area contributed by atoms with E-state index in [-0.39, 0.29) is 0 Å². The topological polar surface area (TPSA) is 67.6 Å². The first-order chi connectivity index (χ1) is 7.86. The maximum atomic E-state index is 5.17. The molecular weight excluding hydrogens is 204 g/mol. The number of hydrogen-bond acceptors (Lipinski definition) is 4. The summed E-state index contributed by atoms with van der Waals surface area (Å²) < 4.78 is 5.17. The summed E-state index contributed by atoms with van der Waals surface area (Å²) in [6.07, 6.45) is 2.44. The Bertz CT molecular complexity index is 625. The van der Waals surface area contributed by atoms with Crippen molar-refractivity contribution in [2.45, 2.75) is 13.3 Å². The molecule has 0 radical (unpaired) electrons. The molecule has 0 bridgehead atoms. The average molecular weight is 214 g/mol. The second-order valence-corrected chi connectivity index (χ2v) is 3.50. The fourth-order valence-corrected chi connectivity index (χ4v) is 1.58. The van der Waals surface area contributed by atoms with Crippen molar-refractivity contribution < 1.29 is 4.52 Å². The molecule has 2 heterocycles. The van der Waals surface area contributed by atoms with E-state index in [0.717, 1.165) is 28.8 Å². The first kappa shape index (κ1) is 9.08. The average Bonchev–Trinajstić information content (AvgIpc) is 2.96. The van der Waals surface area contributed by atoms with Gasteiger partial charge >= 0.3 is 0 Å². The smallest absolute Gasteiger partial charge is 0.257 e. The summed E-state index contributed by atoms with van der Waals surface area (Å²) in [5.74, 6) is 1.27. The molecule has 0 fully saturated rings. The molecule has 0 atom stereocenters. The number of hydrogen-bond donors (Lipinski definition) is 1. The Kier molecular flexibility index (Phi) is 1.96. The minimum atomic E-state index is 0.549. The number of aromatic amines is 1. The second-order valence-electron chi connectivity index (χ2n) is 3.50. The number of benzene rings is 1. The molecule has 0 aliphatic heterocycles. The number of aryl methyl sites for hydroxylation is 1. The number of nitrogens with one attached hydrogen (secondary N) is 1. The highest BCUT2D eigenvalue weighted by molar-refractivity contribution is 5.79. The zero-order valence-corrected chi connectivity index (χ0v) is 8.77. The van der Waals surface area contributed by atoms with Crippen molar-refractivity contribution in [3.8, 4) is 11.5 Å². The summed E-state index contributed by atoms with van der Waals surface area (Å²) in [6.45, 7) is 1.99. The van der Waals surface area contributed by atoms with E-state index in [1.54, 1.807) is 6.33 Å². The van der Waals surface area contributed by atoms with Crippen LogP contribution in [0.5, 0.6) is 0 Å². The highest BCUT2D eigenvalue weighted by Crippen LogP contribution is 2.21. The number of imidazole rings is 1. The lowest BCUT2D eigenvalue weighted by Gasteiger charge is -1.93. The summed E-state index contributed by atoms with van der Waals surface area (Å²) in [5, 5.41) is 3.87. The molecule has 80 valence electrons. The van der Waals surface area contributed by atoms with E-state index in [1.165, 1.54) is 0 Å². The monoisotopic (exact) mass is 214 g/mol. The van der Waals surface area contributed by atoms with Gasteiger partial charge in [0, 0.05) is 12.0 Å². The number of rotatable bonds is 2. The molecule has 0 amide bonds. The minimum Gasteiger partial charge on any atom is -0.345 e. The molecule has 0 saturated heterocycles. The van der Waals surface area contributed by atoms with Crippen LogP contribution in [-0.4, -0.2) is 20.1 Å². The molecule has 0 aliphatic carbocycles. The second kappa shape index (κ2) is 3.44. The van der Waals surface area contributed by atoms with Gasteiger partial charge in [-0.2, -0.15) is 4.98 Å². The molecule has 3 aromatic rings. The molecular formula is C11H10N4O. The molecule has 5 nitrogen and oxygen atoms in total. The summed E-state index contributed by atoms with van der Waals surface area (Å²) in [4.78, 5) is 11.5. The van der Waals surface area contributed by atoms with Gasteiger partial charge in [0.2, 0.25) is 0 Å². The van der Waals surface area contributed by atoms with Gasteiger partial charge in [-0.3, -0.25) is 0 Å². The zero-order valence-electron chi connectivity index (χ0n) is 8.77. The van der Waals surface area contributed by atoms with E-state index in [9.17, 15) is 0 Å². The Morgan fingerprint density at radius 3 is 3.12 bits per heavy atom. The van der Waals surface area contributed by atoms with Gasteiger partial charge in [0.05, 0.1) is 17.4 Å². The molecule has 0 spiro atoms. The number of H-pyrrole nitrogens is 1. The fourth-order valence-electron chi connectivity index (χ4n) is 1.58. The Balaban J connectivity index is 2.10. The first-order valence-electron chi connectivity index (χ1n) is 5.13. The normalized spacial score (nSPS) is 11.1. The highest BCUT2D eigenvalue weighted by Gasteiger charge is 2.08. The van der Waals surface area contributed by atoms with E-state index >= 15 is 0 Å². The number of fused-ring (bicyclic) bond motifs is 1. The van der Waals surface area contributed by atoms with Crippen molar-refractivity contribution >= 4 is 11.0 Å². The summed E-state index contributed by atoms with van der Waals surface area (Å²) in [6, 6.07) is 5.81. The molecule has 5 heteroatoms. The van der Waals surface area contributed by atoms with Crippen LogP contribution in [-0.2, 0) is 6.42 Å². The minimum absolute atomic E-state index is 0.549. The van der Waals surface area contributed by atoms with Gasteiger partial charge in [0.15, 0.2) is 5.82 Å². The van der Waals surface area contributed by atoms with Crippen LogP contribution in [0.25, 0.3) is 22.5 Å². The highest BCUT2D eigenvalue weighted by atomic mass is 16.5. The maximum absolute atomic E-state index is 5.17. The van der Waals surface area contributed by atoms with Crippen LogP contribution in [0.15, 0.2) is 29.0 Å². The molecule has 1 aromatic carbocycles. The van der Waals surface area contributed by atoms with E-state index < -0.39 is 0 Å². The van der Waals surface area contributed by atoms with Crippen LogP contribution in [0.4, 0.5) is 0 Å². The van der Waals surface area contributed by atoms with Crippen LogP contribution in [0.1, 0.15) is 12.7 Å². The van der Waals surface area contributed by atoms with Crippen LogP contribution in [0.2, 0.25) is 0 Å². The van der Waals surface area contributed by atoms with Crippen molar-refractivity contribution in [1.29, 1.82) is 0 Å². The van der Waals surface area contributed by atoms with Gasteiger partial charge in [-0.05, 0) is 18.2 Å². The maximum Gasteiger partial charge on any atom is 0.257 e. The third-order valence-corrected chi connectivity index (χ3v) is 2.45. The molecule has 0 saturated carbocycles. The summed E-state index contributed by atoms with van der Waals surface area (Å²) >= 11 is 0. The largest absolute Gasteiger partial charge is 0.345 e. The van der Waals surface area contributed by atoms with Crippen LogP contribution in [0, 0.1) is 0 Å². The van der Waals surface area contributed by atoms with Crippen LogP contribution >= 0.6 is 0 Å². The SMILES string of the molecule is CCc1noc(-c2ccc3nc[nH]c3c2)n1. The van der Waals surface area contributed by atoms with Crippen LogP contribution < -0.4 is 0 Å². The standard InChI is InChI=1S/C11H10N4O/c1-2-10-14-11(16-15-10)7-3-4-8-9(5-7)13-6-12-8/h3-6H,2H2,1H3,(H,12,13). The third-order valence-electron chi connectivity index (χ3n) is 2.45. The van der Waals surface area contributed by atoms with E-state index in [0.29, 0.717) is 5.89 Å². The number of nitrogens with zero attached hydrogens (tertiary/aromatic N) is 3. The zero-order chi connectivity index (χ0) is 11.0. The molecule has 3 rings (SSSR count). The van der Waals surface area contributed by atoms with Gasteiger partial charge in [0.25, 0.3) is 5.89 Å². The van der Waals surface area contributed by atoms with Crippen molar-refractivity contribution in [2.24, 2.45) is 0 Å². The lowest BCUT2D eigenvalue weighted by atomic mass is 10.2. The summed E-state index contributed by atoms with van der Waals surface area (Å²) in [7, 11) is 0. The quantitative estimate of drug-likeness (QED) is 0.709. The predicted octanol–water partition coefficient (Wildman–Crippen LogP) is 2.18. The van der Waals surface area contributed by atoms with Gasteiger partial charge in [-0.15, -0.1) is 0 Å². The van der Waals surface area contributed by atoms with E-state index in [4.69, 9.17) is 4.52 Å². The van der Waals surface area contributed by atoms with Gasteiger partial charge < -0.3 is 9.51 Å². The molecule has 0 unspecified atom stereocenters. The molecule has 16 heavy (non-hydrogen) atoms. The van der Waals surface area contributed by atoms with Gasteiger partial charge in [0.1, 0.15) is 0 Å². The van der Waals surface area contributed by atoms with Gasteiger partial charge in [-0.1, -0.05) is 12.1 Å². The van der Waals surface area contributed by atoms with Crippen molar-refractivity contribution in [3.05, 3.63) is 30.4 Å². The fraction of sp³-hybridized carbons (Fsp3) is 0.182. The number of aromatic nitrogens is 4. The van der Waals surface area contributed by atoms with Crippen molar-refractivity contribution in [2.75, 3.05) is 0 Å². The predicted molar refractivity (Wildman–Crippen MR) is 58.8 cm³/mol.